The number of aliphatic imine (C=N–C) groups is 2. The zero-order chi connectivity index (χ0) is 13.5. The number of amidine groups is 1. The predicted octanol–water partition coefficient (Wildman–Crippen LogP) is 0.175. The molecule has 2 atom stereocenters. The van der Waals surface area contributed by atoms with Crippen molar-refractivity contribution in [2.75, 3.05) is 26.4 Å². The van der Waals surface area contributed by atoms with Gasteiger partial charge in [-0.05, 0) is 18.6 Å². The largest absolute Gasteiger partial charge is 0.278 e. The lowest BCUT2D eigenvalue weighted by atomic mass is 10.1. The van der Waals surface area contributed by atoms with Crippen LogP contribution in [-0.2, 0) is 10.0 Å². The van der Waals surface area contributed by atoms with Crippen molar-refractivity contribution in [1.29, 1.82) is 0 Å². The fraction of sp³-hybridized carbons (Fsp3) is 0.778. The van der Waals surface area contributed by atoms with Crippen LogP contribution < -0.4 is 0 Å². The van der Waals surface area contributed by atoms with Crippen LogP contribution in [0.2, 0.25) is 0 Å². The van der Waals surface area contributed by atoms with Crippen LogP contribution in [0.5, 0.6) is 0 Å². The van der Waals surface area contributed by atoms with E-state index in [9.17, 15) is 8.42 Å². The van der Waals surface area contributed by atoms with E-state index in [1.807, 2.05) is 11.9 Å². The van der Waals surface area contributed by atoms with Crippen LogP contribution in [0.25, 0.3) is 0 Å². The van der Waals surface area contributed by atoms with Crippen molar-refractivity contribution in [3.05, 3.63) is 0 Å². The predicted molar refractivity (Wildman–Crippen MR) is 73.2 cm³/mol. The fourth-order valence-electron chi connectivity index (χ4n) is 1.90. The average molecular weight is 313 g/mol. The van der Waals surface area contributed by atoms with E-state index in [1.165, 1.54) is 10.6 Å². The van der Waals surface area contributed by atoms with Crippen molar-refractivity contribution in [2.45, 2.75) is 17.6 Å². The van der Waals surface area contributed by atoms with Gasteiger partial charge in [0.1, 0.15) is 11.5 Å². The van der Waals surface area contributed by atoms with E-state index in [0.717, 1.165) is 0 Å². The molecule has 2 aliphatic heterocycles. The van der Waals surface area contributed by atoms with Crippen molar-refractivity contribution >= 4 is 44.7 Å². The summed E-state index contributed by atoms with van der Waals surface area (Å²) in [4.78, 5) is 9.93. The second kappa shape index (κ2) is 5.05. The molecule has 0 N–H and O–H groups in total. The summed E-state index contributed by atoms with van der Waals surface area (Å²) in [5.74, 6) is 0. The third-order valence-electron chi connectivity index (χ3n) is 3.14. The third kappa shape index (κ3) is 2.85. The molecule has 2 heterocycles. The number of nitrogens with zero attached hydrogens (tertiary/aromatic N) is 4. The molecule has 0 aromatic rings. The van der Waals surface area contributed by atoms with Crippen LogP contribution >= 0.6 is 23.2 Å². The number of halogens is 2. The molecule has 6 nitrogen and oxygen atoms in total. The molecule has 18 heavy (non-hydrogen) atoms. The Morgan fingerprint density at radius 2 is 2.11 bits per heavy atom. The first-order chi connectivity index (χ1) is 8.29. The first-order valence-electron chi connectivity index (χ1n) is 5.37. The minimum Gasteiger partial charge on any atom is -0.278 e. The monoisotopic (exact) mass is 312 g/mol. The van der Waals surface area contributed by atoms with Gasteiger partial charge in [-0.3, -0.25) is 4.90 Å². The van der Waals surface area contributed by atoms with Crippen LogP contribution in [0.1, 0.15) is 0 Å². The highest BCUT2D eigenvalue weighted by atomic mass is 35.5. The van der Waals surface area contributed by atoms with Crippen molar-refractivity contribution in [3.63, 3.8) is 0 Å². The molecule has 0 saturated carbocycles. The Bertz CT molecular complexity index is 487. The first-order valence-corrected chi connectivity index (χ1v) is 8.04. The molecule has 0 amide bonds. The summed E-state index contributed by atoms with van der Waals surface area (Å²) >= 11 is 11.9. The minimum absolute atomic E-state index is 0.102. The highest BCUT2D eigenvalue weighted by molar-refractivity contribution is 7.88. The molecule has 2 rings (SSSR count). The van der Waals surface area contributed by atoms with E-state index < -0.39 is 10.0 Å². The zero-order valence-corrected chi connectivity index (χ0v) is 12.3. The maximum atomic E-state index is 11.3. The molecular formula is C9H14Cl2N4O2S. The number of hydrogen-bond acceptors (Lipinski definition) is 5. The topological polar surface area (TPSA) is 65.3 Å². The van der Waals surface area contributed by atoms with Gasteiger partial charge >= 0.3 is 0 Å². The number of sulfonamides is 1. The smallest absolute Gasteiger partial charge is 0.219 e. The van der Waals surface area contributed by atoms with Gasteiger partial charge in [-0.25, -0.2) is 18.4 Å². The molecule has 0 aromatic heterocycles. The Balaban J connectivity index is 1.98. The summed E-state index contributed by atoms with van der Waals surface area (Å²) in [6.07, 6.45) is 2.45. The van der Waals surface area contributed by atoms with E-state index in [2.05, 4.69) is 9.98 Å². The van der Waals surface area contributed by atoms with Gasteiger partial charge in [-0.15, -0.1) is 11.6 Å². The van der Waals surface area contributed by atoms with Gasteiger partial charge < -0.3 is 0 Å². The Hall–Kier alpha value is -0.210. The summed E-state index contributed by atoms with van der Waals surface area (Å²) in [5.41, 5.74) is 0. The second-order valence-electron chi connectivity index (χ2n) is 4.43. The summed E-state index contributed by atoms with van der Waals surface area (Å²) in [6.45, 7) is 0.916. The summed E-state index contributed by atoms with van der Waals surface area (Å²) in [5, 5.41) is -0.187. The zero-order valence-electron chi connectivity index (χ0n) is 9.99. The Labute approximate surface area is 116 Å². The summed E-state index contributed by atoms with van der Waals surface area (Å²) < 4.78 is 24.0. The van der Waals surface area contributed by atoms with E-state index in [-0.39, 0.29) is 22.9 Å². The molecule has 102 valence electrons. The number of likely N-dealkylation sites (N-methyl/N-ethyl adjacent to an activating group) is 1. The Morgan fingerprint density at radius 3 is 2.67 bits per heavy atom. The van der Waals surface area contributed by atoms with E-state index in [1.54, 1.807) is 6.21 Å². The molecule has 2 unspecified atom stereocenters. The number of rotatable bonds is 3. The van der Waals surface area contributed by atoms with Crippen LogP contribution in [0.15, 0.2) is 9.98 Å². The van der Waals surface area contributed by atoms with Gasteiger partial charge in [-0.1, -0.05) is 0 Å². The van der Waals surface area contributed by atoms with E-state index in [0.29, 0.717) is 13.1 Å². The van der Waals surface area contributed by atoms with E-state index >= 15 is 0 Å². The summed E-state index contributed by atoms with van der Waals surface area (Å²) in [6, 6.07) is 0.102. The van der Waals surface area contributed by atoms with Crippen LogP contribution in [0.3, 0.4) is 0 Å². The SMILES string of the molecule is CN(C1CN(S(C)(=O)=O)C1)C1N=C(Cl)N=CC1Cl. The van der Waals surface area contributed by atoms with Crippen LogP contribution in [0, 0.1) is 0 Å². The molecular weight excluding hydrogens is 299 g/mol. The van der Waals surface area contributed by atoms with Gasteiger partial charge in [0.15, 0.2) is 0 Å². The highest BCUT2D eigenvalue weighted by Crippen LogP contribution is 2.23. The van der Waals surface area contributed by atoms with Crippen molar-refractivity contribution in [2.24, 2.45) is 9.98 Å². The molecule has 0 aliphatic carbocycles. The number of alkyl halides is 1. The molecule has 0 radical (unpaired) electrons. The van der Waals surface area contributed by atoms with Crippen LogP contribution in [-0.4, -0.2) is 73.1 Å². The molecule has 2 aliphatic rings. The fourth-order valence-corrected chi connectivity index (χ4v) is 3.23. The molecule has 9 heteroatoms. The van der Waals surface area contributed by atoms with Gasteiger partial charge in [0.2, 0.25) is 15.3 Å². The molecule has 1 fully saturated rings. The maximum Gasteiger partial charge on any atom is 0.219 e. The molecule has 0 spiro atoms. The lowest BCUT2D eigenvalue weighted by molar-refractivity contribution is 0.0815. The lowest BCUT2D eigenvalue weighted by Gasteiger charge is -2.45. The van der Waals surface area contributed by atoms with E-state index in [4.69, 9.17) is 23.2 Å². The normalized spacial score (nSPS) is 30.4. The standard InChI is InChI=1S/C9H14Cl2N4O2S/c1-14(6-4-15(5-6)18(2,16)17)8-7(10)3-12-9(11)13-8/h3,6-8H,4-5H2,1-2H3. The Morgan fingerprint density at radius 1 is 1.50 bits per heavy atom. The molecule has 0 aromatic carbocycles. The minimum atomic E-state index is -3.10. The van der Waals surface area contributed by atoms with Crippen molar-refractivity contribution in [3.8, 4) is 0 Å². The van der Waals surface area contributed by atoms with Crippen molar-refractivity contribution < 1.29 is 8.42 Å². The van der Waals surface area contributed by atoms with Crippen LogP contribution in [0.4, 0.5) is 0 Å². The van der Waals surface area contributed by atoms with Gasteiger partial charge in [0.05, 0.1) is 6.26 Å². The quantitative estimate of drug-likeness (QED) is 0.551. The molecule has 0 bridgehead atoms. The summed E-state index contributed by atoms with van der Waals surface area (Å²) in [7, 11) is -1.24. The van der Waals surface area contributed by atoms with Crippen molar-refractivity contribution in [1.82, 2.24) is 9.21 Å². The van der Waals surface area contributed by atoms with Gasteiger partial charge in [-0.2, -0.15) is 4.31 Å². The van der Waals surface area contributed by atoms with Gasteiger partial charge in [0, 0.05) is 25.3 Å². The maximum absolute atomic E-state index is 11.3. The van der Waals surface area contributed by atoms with Gasteiger partial charge in [0.25, 0.3) is 0 Å². The number of hydrogen-bond donors (Lipinski definition) is 0. The third-order valence-corrected chi connectivity index (χ3v) is 4.91. The Kier molecular flexibility index (Phi) is 3.99. The highest BCUT2D eigenvalue weighted by Gasteiger charge is 2.39. The molecule has 1 saturated heterocycles. The first kappa shape index (κ1) is 14.2. The average Bonchev–Trinajstić information content (AvgIpc) is 2.17. The second-order valence-corrected chi connectivity index (χ2v) is 7.26. The lowest BCUT2D eigenvalue weighted by Crippen LogP contribution is -2.62.